The number of hydrogen-bond donors (Lipinski definition) is 1. The van der Waals surface area contributed by atoms with Crippen molar-refractivity contribution < 1.29 is 19.4 Å². The number of para-hydroxylation sites is 1. The highest BCUT2D eigenvalue weighted by Crippen LogP contribution is 2.36. The molecule has 1 saturated heterocycles. The first kappa shape index (κ1) is 18.5. The molecule has 0 unspecified atom stereocenters. The molecule has 1 aliphatic heterocycles. The summed E-state index contributed by atoms with van der Waals surface area (Å²) in [7, 11) is 0. The minimum absolute atomic E-state index is 0.467. The quantitative estimate of drug-likeness (QED) is 0.827. The predicted molar refractivity (Wildman–Crippen MR) is 101 cm³/mol. The molecule has 1 aromatic heterocycles. The molecule has 7 heteroatoms. The van der Waals surface area contributed by atoms with E-state index in [-0.39, 0.29) is 0 Å². The van der Waals surface area contributed by atoms with Gasteiger partial charge in [0.05, 0.1) is 12.2 Å². The van der Waals surface area contributed by atoms with Gasteiger partial charge in [-0.15, -0.1) is 0 Å². The Morgan fingerprint density at radius 1 is 1.27 bits per heavy atom. The third kappa shape index (κ3) is 3.93. The van der Waals surface area contributed by atoms with Gasteiger partial charge in [-0.25, -0.2) is 9.78 Å². The molecule has 1 fully saturated rings. The van der Waals surface area contributed by atoms with Crippen molar-refractivity contribution >= 4 is 17.7 Å². The molecule has 0 saturated carbocycles. The first-order chi connectivity index (χ1) is 12.5. The molecule has 0 radical (unpaired) electrons. The number of thioether (sulfide) groups is 1. The summed E-state index contributed by atoms with van der Waals surface area (Å²) in [4.78, 5) is 20.9. The Kier molecular flexibility index (Phi) is 5.66. The van der Waals surface area contributed by atoms with Crippen molar-refractivity contribution in [1.29, 1.82) is 0 Å². The van der Waals surface area contributed by atoms with Crippen molar-refractivity contribution in [2.24, 2.45) is 0 Å². The van der Waals surface area contributed by atoms with Gasteiger partial charge in [0.1, 0.15) is 5.75 Å². The molecule has 0 aliphatic carbocycles. The minimum Gasteiger partial charge on any atom is -0.478 e. The van der Waals surface area contributed by atoms with E-state index in [4.69, 9.17) is 9.47 Å². The van der Waals surface area contributed by atoms with Crippen LogP contribution in [0.1, 0.15) is 25.5 Å². The van der Waals surface area contributed by atoms with Crippen LogP contribution >= 0.6 is 11.8 Å². The van der Waals surface area contributed by atoms with Crippen LogP contribution in [-0.2, 0) is 4.79 Å². The van der Waals surface area contributed by atoms with Crippen molar-refractivity contribution in [2.75, 3.05) is 18.1 Å². The van der Waals surface area contributed by atoms with Gasteiger partial charge in [-0.3, -0.25) is 0 Å². The van der Waals surface area contributed by atoms with Gasteiger partial charge < -0.3 is 14.6 Å². The lowest BCUT2D eigenvalue weighted by Gasteiger charge is -2.33. The van der Waals surface area contributed by atoms with Gasteiger partial charge in [0.2, 0.25) is 11.5 Å². The molecule has 0 atom stereocenters. The Bertz CT molecular complexity index is 791. The summed E-state index contributed by atoms with van der Waals surface area (Å²) in [6.45, 7) is 4.27. The average Bonchev–Trinajstić information content (AvgIpc) is 2.62. The number of aliphatic carboxylic acids is 1. The number of aromatic nitrogens is 2. The second kappa shape index (κ2) is 7.95. The lowest BCUT2D eigenvalue weighted by atomic mass is 9.96. The smallest absolute Gasteiger partial charge is 0.348 e. The van der Waals surface area contributed by atoms with E-state index in [9.17, 15) is 9.90 Å². The topological polar surface area (TPSA) is 81.5 Å². The van der Waals surface area contributed by atoms with Crippen LogP contribution in [0, 0.1) is 6.92 Å². The number of nitrogens with zero attached hydrogens (tertiary/aromatic N) is 2. The van der Waals surface area contributed by atoms with Crippen LogP contribution in [0.25, 0.3) is 11.4 Å². The molecule has 1 N–H and O–H groups in total. The summed E-state index contributed by atoms with van der Waals surface area (Å²) in [5.74, 6) is 2.05. The molecule has 3 rings (SSSR count). The molecule has 26 heavy (non-hydrogen) atoms. The van der Waals surface area contributed by atoms with Crippen LogP contribution in [0.5, 0.6) is 11.6 Å². The molecule has 6 nitrogen and oxygen atoms in total. The number of hydrogen-bond acceptors (Lipinski definition) is 6. The lowest BCUT2D eigenvalue weighted by molar-refractivity contribution is -0.156. The zero-order valence-electron chi connectivity index (χ0n) is 14.9. The molecule has 0 amide bonds. The number of ether oxygens (including phenoxy) is 2. The fourth-order valence-corrected chi connectivity index (χ4v) is 4.05. The van der Waals surface area contributed by atoms with Gasteiger partial charge >= 0.3 is 5.97 Å². The van der Waals surface area contributed by atoms with Crippen molar-refractivity contribution in [3.8, 4) is 23.0 Å². The molecular formula is C19H22N2O4S. The highest BCUT2D eigenvalue weighted by Gasteiger charge is 2.43. The summed E-state index contributed by atoms with van der Waals surface area (Å²) < 4.78 is 11.6. The monoisotopic (exact) mass is 374 g/mol. The largest absolute Gasteiger partial charge is 0.478 e. The molecule has 0 bridgehead atoms. The number of rotatable bonds is 6. The van der Waals surface area contributed by atoms with Crippen molar-refractivity contribution in [3.05, 3.63) is 36.0 Å². The second-order valence-electron chi connectivity index (χ2n) is 6.11. The third-order valence-electron chi connectivity index (χ3n) is 4.25. The van der Waals surface area contributed by atoms with Crippen molar-refractivity contribution in [1.82, 2.24) is 9.97 Å². The van der Waals surface area contributed by atoms with Gasteiger partial charge in [-0.1, -0.05) is 12.1 Å². The van der Waals surface area contributed by atoms with Crippen LogP contribution in [0.15, 0.2) is 30.3 Å². The van der Waals surface area contributed by atoms with E-state index in [2.05, 4.69) is 9.97 Å². The molecule has 0 spiro atoms. The molecule has 138 valence electrons. The fourth-order valence-electron chi connectivity index (χ4n) is 2.89. The normalized spacial score (nSPS) is 16.1. The zero-order valence-corrected chi connectivity index (χ0v) is 15.7. The Balaban J connectivity index is 2.00. The van der Waals surface area contributed by atoms with E-state index >= 15 is 0 Å². The predicted octanol–water partition coefficient (Wildman–Crippen LogP) is 3.58. The Hall–Kier alpha value is -2.28. The lowest BCUT2D eigenvalue weighted by Crippen LogP contribution is -2.47. The van der Waals surface area contributed by atoms with E-state index in [0.717, 1.165) is 17.2 Å². The molecule has 1 aliphatic rings. The van der Waals surface area contributed by atoms with E-state index in [1.807, 2.05) is 32.0 Å². The SMILES string of the molecule is CCOc1cc(C)nc(-c2ccccc2OC2(C(=O)O)CCSCC2)n1. The number of carbonyl (C=O) groups is 1. The van der Waals surface area contributed by atoms with Gasteiger partial charge in [0.15, 0.2) is 5.82 Å². The standard InChI is InChI=1S/C19H22N2O4S/c1-3-24-16-12-13(2)20-17(21-16)14-6-4-5-7-15(14)25-19(18(22)23)8-10-26-11-9-19/h4-7,12H,3,8-11H2,1-2H3,(H,22,23). The Labute approximate surface area is 157 Å². The molecule has 1 aromatic carbocycles. The summed E-state index contributed by atoms with van der Waals surface area (Å²) in [6, 6.07) is 9.07. The summed E-state index contributed by atoms with van der Waals surface area (Å²) in [5, 5.41) is 9.78. The summed E-state index contributed by atoms with van der Waals surface area (Å²) in [5.41, 5.74) is 0.236. The van der Waals surface area contributed by atoms with Crippen LogP contribution in [0.3, 0.4) is 0 Å². The van der Waals surface area contributed by atoms with Gasteiger partial charge in [0, 0.05) is 24.6 Å². The third-order valence-corrected chi connectivity index (χ3v) is 5.23. The molecule has 2 aromatic rings. The summed E-state index contributed by atoms with van der Waals surface area (Å²) in [6.07, 6.45) is 0.945. The number of carboxylic acids is 1. The maximum absolute atomic E-state index is 11.9. The van der Waals surface area contributed by atoms with E-state index < -0.39 is 11.6 Å². The highest BCUT2D eigenvalue weighted by atomic mass is 32.2. The molecule has 2 heterocycles. The van der Waals surface area contributed by atoms with Crippen molar-refractivity contribution in [2.45, 2.75) is 32.3 Å². The van der Waals surface area contributed by atoms with Gasteiger partial charge in [0.25, 0.3) is 0 Å². The number of benzene rings is 1. The Morgan fingerprint density at radius 2 is 2.00 bits per heavy atom. The first-order valence-corrected chi connectivity index (χ1v) is 9.77. The van der Waals surface area contributed by atoms with Crippen LogP contribution in [-0.4, -0.2) is 44.8 Å². The van der Waals surface area contributed by atoms with Gasteiger partial charge in [-0.05, 0) is 37.5 Å². The average molecular weight is 374 g/mol. The maximum atomic E-state index is 11.9. The first-order valence-electron chi connectivity index (χ1n) is 8.62. The zero-order chi connectivity index (χ0) is 18.6. The number of aryl methyl sites for hydroxylation is 1. The van der Waals surface area contributed by atoms with Crippen LogP contribution in [0.4, 0.5) is 0 Å². The van der Waals surface area contributed by atoms with Crippen molar-refractivity contribution in [3.63, 3.8) is 0 Å². The minimum atomic E-state index is -1.20. The second-order valence-corrected chi connectivity index (χ2v) is 7.34. The van der Waals surface area contributed by atoms with E-state index in [0.29, 0.717) is 42.5 Å². The maximum Gasteiger partial charge on any atom is 0.348 e. The van der Waals surface area contributed by atoms with Gasteiger partial charge in [-0.2, -0.15) is 16.7 Å². The van der Waals surface area contributed by atoms with Crippen LogP contribution in [0.2, 0.25) is 0 Å². The van der Waals surface area contributed by atoms with E-state index in [1.54, 1.807) is 23.9 Å². The van der Waals surface area contributed by atoms with Crippen LogP contribution < -0.4 is 9.47 Å². The Morgan fingerprint density at radius 3 is 2.69 bits per heavy atom. The molecular weight excluding hydrogens is 352 g/mol. The highest BCUT2D eigenvalue weighted by molar-refractivity contribution is 7.99. The van der Waals surface area contributed by atoms with E-state index in [1.165, 1.54) is 0 Å². The fraction of sp³-hybridized carbons (Fsp3) is 0.421. The summed E-state index contributed by atoms with van der Waals surface area (Å²) >= 11 is 1.75. The number of carboxylic acid groups (broad SMARTS) is 1.